The molecule has 0 saturated heterocycles. The number of aromatic nitrogens is 2. The molecule has 3 nitrogen and oxygen atoms in total. The van der Waals surface area contributed by atoms with Gasteiger partial charge in [-0.15, -0.1) is 11.3 Å². The fourth-order valence-electron chi connectivity index (χ4n) is 1.34. The first-order valence-electron chi connectivity index (χ1n) is 4.24. The molecule has 0 aromatic carbocycles. The molecule has 0 spiro atoms. The van der Waals surface area contributed by atoms with Gasteiger partial charge in [0.2, 0.25) is 0 Å². The molecule has 15 heavy (non-hydrogen) atoms. The first kappa shape index (κ1) is 11.2. The van der Waals surface area contributed by atoms with Gasteiger partial charge in [0.25, 0.3) is 0 Å². The zero-order valence-electron chi connectivity index (χ0n) is 8.21. The van der Waals surface area contributed by atoms with Crippen LogP contribution < -0.4 is 5.73 Å². The lowest BCUT2D eigenvalue weighted by Crippen LogP contribution is -1.97. The number of rotatable bonds is 1. The van der Waals surface area contributed by atoms with Gasteiger partial charge >= 0.3 is 0 Å². The van der Waals surface area contributed by atoms with Crippen molar-refractivity contribution in [3.63, 3.8) is 0 Å². The van der Waals surface area contributed by atoms with E-state index in [-0.39, 0.29) is 0 Å². The highest BCUT2D eigenvalue weighted by Crippen LogP contribution is 2.41. The topological polar surface area (TPSA) is 43.8 Å². The van der Waals surface area contributed by atoms with E-state index >= 15 is 0 Å². The van der Waals surface area contributed by atoms with Crippen LogP contribution in [0.2, 0.25) is 0 Å². The summed E-state index contributed by atoms with van der Waals surface area (Å²) in [6, 6.07) is 0. The van der Waals surface area contributed by atoms with E-state index in [1.807, 2.05) is 19.4 Å². The van der Waals surface area contributed by atoms with Crippen LogP contribution >= 0.6 is 43.2 Å². The maximum Gasteiger partial charge on any atom is 0.124 e. The van der Waals surface area contributed by atoms with Crippen molar-refractivity contribution in [1.29, 1.82) is 0 Å². The van der Waals surface area contributed by atoms with Gasteiger partial charge in [-0.1, -0.05) is 0 Å². The average molecular weight is 351 g/mol. The summed E-state index contributed by atoms with van der Waals surface area (Å²) in [5.41, 5.74) is 7.84. The Labute approximate surface area is 109 Å². The molecule has 80 valence electrons. The lowest BCUT2D eigenvalue weighted by atomic mass is 10.2. The molecule has 0 aliphatic heterocycles. The first-order valence-corrected chi connectivity index (χ1v) is 6.71. The number of aryl methyl sites for hydroxylation is 1. The molecular formula is C9H9Br2N3S. The number of nitrogen functional groups attached to an aromatic ring is 1. The Morgan fingerprint density at radius 2 is 2.13 bits per heavy atom. The van der Waals surface area contributed by atoms with Gasteiger partial charge in [0.05, 0.1) is 9.35 Å². The highest BCUT2D eigenvalue weighted by atomic mass is 79.9. The minimum atomic E-state index is 0.710. The summed E-state index contributed by atoms with van der Waals surface area (Å²) in [5, 5.41) is 6.44. The van der Waals surface area contributed by atoms with E-state index in [4.69, 9.17) is 5.73 Å². The van der Waals surface area contributed by atoms with Gasteiger partial charge in [0.1, 0.15) is 11.5 Å². The predicted octanol–water partition coefficient (Wildman–Crippen LogP) is 3.56. The molecule has 2 aromatic heterocycles. The minimum absolute atomic E-state index is 0.710. The molecule has 0 aliphatic rings. The van der Waals surface area contributed by atoms with Crippen LogP contribution in [0.4, 0.5) is 5.82 Å². The lowest BCUT2D eigenvalue weighted by Gasteiger charge is -1.95. The largest absolute Gasteiger partial charge is 0.384 e. The molecule has 0 aliphatic carbocycles. The van der Waals surface area contributed by atoms with Crippen molar-refractivity contribution in [3.8, 4) is 10.6 Å². The number of hydrogen-bond donors (Lipinski definition) is 1. The number of anilines is 1. The molecule has 0 fully saturated rings. The smallest absolute Gasteiger partial charge is 0.124 e. The van der Waals surface area contributed by atoms with Crippen LogP contribution in [0.1, 0.15) is 5.56 Å². The zero-order chi connectivity index (χ0) is 11.2. The van der Waals surface area contributed by atoms with Crippen molar-refractivity contribution in [3.05, 3.63) is 19.9 Å². The molecular weight excluding hydrogens is 342 g/mol. The van der Waals surface area contributed by atoms with Gasteiger partial charge < -0.3 is 5.73 Å². The van der Waals surface area contributed by atoms with E-state index in [1.165, 1.54) is 0 Å². The van der Waals surface area contributed by atoms with Crippen molar-refractivity contribution < 1.29 is 0 Å². The highest BCUT2D eigenvalue weighted by molar-refractivity contribution is 9.13. The lowest BCUT2D eigenvalue weighted by molar-refractivity contribution is 0.782. The fourth-order valence-corrected chi connectivity index (χ4v) is 3.54. The average Bonchev–Trinajstić information content (AvgIpc) is 2.64. The first-order chi connectivity index (χ1) is 7.02. The summed E-state index contributed by atoms with van der Waals surface area (Å²) in [4.78, 5) is 1.10. The van der Waals surface area contributed by atoms with E-state index in [0.29, 0.717) is 5.82 Å². The Morgan fingerprint density at radius 3 is 2.53 bits per heavy atom. The molecule has 2 aromatic rings. The monoisotopic (exact) mass is 349 g/mol. The summed E-state index contributed by atoms with van der Waals surface area (Å²) in [6.07, 6.45) is 0. The molecule has 2 heterocycles. The number of nitrogens with two attached hydrogens (primary N) is 1. The van der Waals surface area contributed by atoms with Crippen LogP contribution in [0.3, 0.4) is 0 Å². The van der Waals surface area contributed by atoms with Crippen LogP contribution in [-0.2, 0) is 7.05 Å². The second-order valence-electron chi connectivity index (χ2n) is 3.21. The Balaban J connectivity index is 2.64. The molecule has 0 saturated carbocycles. The SMILES string of the molecule is Cc1c(-c2scc(Br)c2Br)nn(C)c1N. The van der Waals surface area contributed by atoms with Crippen molar-refractivity contribution in [1.82, 2.24) is 9.78 Å². The Hall–Kier alpha value is -0.330. The standard InChI is InChI=1S/C9H9Br2N3S/c1-4-7(13-14(2)9(4)12)8-6(11)5(10)3-15-8/h3H,12H2,1-2H3. The normalized spacial score (nSPS) is 10.9. The Morgan fingerprint density at radius 1 is 1.47 bits per heavy atom. The maximum absolute atomic E-state index is 5.87. The van der Waals surface area contributed by atoms with Gasteiger partial charge in [0, 0.05) is 22.5 Å². The van der Waals surface area contributed by atoms with Crippen LogP contribution in [0.5, 0.6) is 0 Å². The second kappa shape index (κ2) is 3.92. The van der Waals surface area contributed by atoms with E-state index < -0.39 is 0 Å². The minimum Gasteiger partial charge on any atom is -0.384 e. The molecule has 0 amide bonds. The van der Waals surface area contributed by atoms with Crippen molar-refractivity contribution in [2.24, 2.45) is 7.05 Å². The van der Waals surface area contributed by atoms with Crippen LogP contribution in [-0.4, -0.2) is 9.78 Å². The quantitative estimate of drug-likeness (QED) is 0.854. The molecule has 0 unspecified atom stereocenters. The predicted molar refractivity (Wildman–Crippen MR) is 71.1 cm³/mol. The number of nitrogens with zero attached hydrogens (tertiary/aromatic N) is 2. The van der Waals surface area contributed by atoms with Crippen molar-refractivity contribution in [2.45, 2.75) is 6.92 Å². The third-order valence-corrected chi connectivity index (χ3v) is 5.78. The van der Waals surface area contributed by atoms with Crippen molar-refractivity contribution >= 4 is 49.0 Å². The summed E-state index contributed by atoms with van der Waals surface area (Å²) in [5.74, 6) is 0.710. The van der Waals surface area contributed by atoms with Gasteiger partial charge in [-0.2, -0.15) is 5.10 Å². The van der Waals surface area contributed by atoms with Gasteiger partial charge in [-0.3, -0.25) is 4.68 Å². The number of halogens is 2. The highest BCUT2D eigenvalue weighted by Gasteiger charge is 2.17. The summed E-state index contributed by atoms with van der Waals surface area (Å²) in [6.45, 7) is 1.98. The van der Waals surface area contributed by atoms with E-state index in [0.717, 1.165) is 25.1 Å². The molecule has 0 bridgehead atoms. The Kier molecular flexibility index (Phi) is 2.92. The van der Waals surface area contributed by atoms with Gasteiger partial charge in [-0.25, -0.2) is 0 Å². The third kappa shape index (κ3) is 1.74. The maximum atomic E-state index is 5.87. The molecule has 2 rings (SSSR count). The molecule has 0 atom stereocenters. The van der Waals surface area contributed by atoms with E-state index in [9.17, 15) is 0 Å². The van der Waals surface area contributed by atoms with Gasteiger partial charge in [0.15, 0.2) is 0 Å². The van der Waals surface area contributed by atoms with Crippen LogP contribution in [0, 0.1) is 6.92 Å². The summed E-state index contributed by atoms with van der Waals surface area (Å²) >= 11 is 8.63. The van der Waals surface area contributed by atoms with Crippen molar-refractivity contribution in [2.75, 3.05) is 5.73 Å². The molecule has 6 heteroatoms. The summed E-state index contributed by atoms with van der Waals surface area (Å²) in [7, 11) is 1.85. The third-order valence-electron chi connectivity index (χ3n) is 2.24. The zero-order valence-corrected chi connectivity index (χ0v) is 12.2. The van der Waals surface area contributed by atoms with Gasteiger partial charge in [-0.05, 0) is 38.8 Å². The van der Waals surface area contributed by atoms with E-state index in [1.54, 1.807) is 16.0 Å². The number of hydrogen-bond acceptors (Lipinski definition) is 3. The number of thiophene rings is 1. The summed E-state index contributed by atoms with van der Waals surface area (Å²) < 4.78 is 3.78. The molecule has 0 radical (unpaired) electrons. The van der Waals surface area contributed by atoms with Crippen LogP contribution in [0.15, 0.2) is 14.3 Å². The fraction of sp³-hybridized carbons (Fsp3) is 0.222. The Bertz CT molecular complexity index is 516. The molecule has 2 N–H and O–H groups in total. The van der Waals surface area contributed by atoms with E-state index in [2.05, 4.69) is 37.0 Å². The second-order valence-corrected chi connectivity index (χ2v) is 5.74. The van der Waals surface area contributed by atoms with Crippen LogP contribution in [0.25, 0.3) is 10.6 Å².